The summed E-state index contributed by atoms with van der Waals surface area (Å²) in [5, 5.41) is 3.52. The highest BCUT2D eigenvalue weighted by Gasteiger charge is 2.13. The van der Waals surface area contributed by atoms with Crippen LogP contribution in [0.5, 0.6) is 5.75 Å². The summed E-state index contributed by atoms with van der Waals surface area (Å²) >= 11 is 0. The summed E-state index contributed by atoms with van der Waals surface area (Å²) in [6, 6.07) is 10.6. The number of nitrogens with zero attached hydrogens (tertiary/aromatic N) is 3. The molecular formula is C21H24N4O. The molecule has 26 heavy (non-hydrogen) atoms. The fraction of sp³-hybridized carbons (Fsp3) is 0.333. The summed E-state index contributed by atoms with van der Waals surface area (Å²) in [7, 11) is 1.66. The quantitative estimate of drug-likeness (QED) is 0.739. The van der Waals surface area contributed by atoms with E-state index in [9.17, 15) is 0 Å². The molecule has 5 heteroatoms. The van der Waals surface area contributed by atoms with Crippen LogP contribution in [0.4, 0.5) is 5.69 Å². The third-order valence-corrected chi connectivity index (χ3v) is 4.94. The first-order chi connectivity index (χ1) is 12.7. The predicted octanol–water partition coefficient (Wildman–Crippen LogP) is 4.46. The fourth-order valence-corrected chi connectivity index (χ4v) is 3.41. The summed E-state index contributed by atoms with van der Waals surface area (Å²) in [4.78, 5) is 9.03. The fourth-order valence-electron chi connectivity index (χ4n) is 3.41. The largest absolute Gasteiger partial charge is 0.495 e. The molecule has 1 aromatic carbocycles. The molecule has 0 aliphatic carbocycles. The van der Waals surface area contributed by atoms with Crippen molar-refractivity contribution in [2.75, 3.05) is 12.4 Å². The van der Waals surface area contributed by atoms with E-state index in [1.165, 1.54) is 18.7 Å². The highest BCUT2D eigenvalue weighted by molar-refractivity contribution is 5.62. The highest BCUT2D eigenvalue weighted by atomic mass is 16.5. The molecule has 0 fully saturated rings. The summed E-state index contributed by atoms with van der Waals surface area (Å²) in [6.07, 6.45) is 9.35. The molecule has 134 valence electrons. The Morgan fingerprint density at radius 1 is 1.15 bits per heavy atom. The molecular weight excluding hydrogens is 324 g/mol. The van der Waals surface area contributed by atoms with Crippen molar-refractivity contribution in [3.8, 4) is 17.0 Å². The van der Waals surface area contributed by atoms with Crippen molar-refractivity contribution in [1.29, 1.82) is 0 Å². The monoisotopic (exact) mass is 348 g/mol. The number of imidazole rings is 1. The Labute approximate surface area is 154 Å². The zero-order valence-corrected chi connectivity index (χ0v) is 15.3. The van der Waals surface area contributed by atoms with Gasteiger partial charge in [0.05, 0.1) is 25.0 Å². The standard InChI is InChI=1S/C21H24N4O/c1-15(17-11-19(26-2)13-22-12-17)23-18-8-6-16(7-9-18)20-14-25-10-4-3-5-21(25)24-20/h6-9,11-15,23H,3-5,10H2,1-2H3. The van der Waals surface area contributed by atoms with Crippen LogP contribution < -0.4 is 10.1 Å². The number of benzene rings is 1. The highest BCUT2D eigenvalue weighted by Crippen LogP contribution is 2.26. The number of fused-ring (bicyclic) bond motifs is 1. The van der Waals surface area contributed by atoms with Crippen LogP contribution in [0.15, 0.2) is 48.9 Å². The van der Waals surface area contributed by atoms with E-state index in [2.05, 4.69) is 52.3 Å². The average molecular weight is 348 g/mol. The third-order valence-electron chi connectivity index (χ3n) is 4.94. The molecule has 4 rings (SSSR count). The molecule has 0 amide bonds. The Kier molecular flexibility index (Phi) is 4.61. The van der Waals surface area contributed by atoms with Gasteiger partial charge in [0, 0.05) is 36.6 Å². The number of methoxy groups -OCH3 is 1. The number of aryl methyl sites for hydroxylation is 2. The van der Waals surface area contributed by atoms with Crippen LogP contribution in [0.1, 0.15) is 37.2 Å². The normalized spacial score (nSPS) is 14.5. The minimum absolute atomic E-state index is 0.142. The lowest BCUT2D eigenvalue weighted by atomic mass is 10.1. The SMILES string of the molecule is COc1cncc(C(C)Nc2ccc(-c3cn4c(n3)CCCC4)cc2)c1. The number of nitrogens with one attached hydrogen (secondary N) is 1. The van der Waals surface area contributed by atoms with E-state index in [-0.39, 0.29) is 6.04 Å². The zero-order valence-electron chi connectivity index (χ0n) is 15.3. The lowest BCUT2D eigenvalue weighted by Gasteiger charge is -2.16. The molecule has 0 bridgehead atoms. The van der Waals surface area contributed by atoms with Gasteiger partial charge < -0.3 is 14.6 Å². The molecule has 0 spiro atoms. The maximum absolute atomic E-state index is 5.26. The van der Waals surface area contributed by atoms with E-state index in [0.29, 0.717) is 0 Å². The van der Waals surface area contributed by atoms with Crippen molar-refractivity contribution < 1.29 is 4.74 Å². The number of anilines is 1. The Morgan fingerprint density at radius 3 is 2.77 bits per heavy atom. The summed E-state index contributed by atoms with van der Waals surface area (Å²) in [5.41, 5.74) is 4.40. The summed E-state index contributed by atoms with van der Waals surface area (Å²) < 4.78 is 7.55. The molecule has 3 aromatic rings. The molecule has 5 nitrogen and oxygen atoms in total. The predicted molar refractivity (Wildman–Crippen MR) is 103 cm³/mol. The third kappa shape index (κ3) is 3.43. The number of rotatable bonds is 5. The van der Waals surface area contributed by atoms with Gasteiger partial charge in [-0.1, -0.05) is 12.1 Å². The topological polar surface area (TPSA) is 52.0 Å². The number of hydrogen-bond acceptors (Lipinski definition) is 4. The second-order valence-corrected chi connectivity index (χ2v) is 6.79. The molecule has 0 saturated carbocycles. The van der Waals surface area contributed by atoms with E-state index in [1.807, 2.05) is 12.3 Å². The Hall–Kier alpha value is -2.82. The van der Waals surface area contributed by atoms with E-state index >= 15 is 0 Å². The number of aromatic nitrogens is 3. The van der Waals surface area contributed by atoms with Gasteiger partial charge in [0.2, 0.25) is 0 Å². The van der Waals surface area contributed by atoms with Crippen LogP contribution in [-0.2, 0) is 13.0 Å². The minimum atomic E-state index is 0.142. The molecule has 2 aromatic heterocycles. The van der Waals surface area contributed by atoms with Gasteiger partial charge in [-0.3, -0.25) is 4.98 Å². The first-order valence-corrected chi connectivity index (χ1v) is 9.15. The van der Waals surface area contributed by atoms with Gasteiger partial charge in [0.1, 0.15) is 11.6 Å². The van der Waals surface area contributed by atoms with Crippen molar-refractivity contribution in [3.63, 3.8) is 0 Å². The molecule has 0 saturated heterocycles. The van der Waals surface area contributed by atoms with E-state index in [4.69, 9.17) is 9.72 Å². The summed E-state index contributed by atoms with van der Waals surface area (Å²) in [5.74, 6) is 1.99. The zero-order chi connectivity index (χ0) is 17.9. The second-order valence-electron chi connectivity index (χ2n) is 6.79. The average Bonchev–Trinajstić information content (AvgIpc) is 3.13. The smallest absolute Gasteiger partial charge is 0.137 e. The van der Waals surface area contributed by atoms with Gasteiger partial charge >= 0.3 is 0 Å². The Morgan fingerprint density at radius 2 is 2.00 bits per heavy atom. The molecule has 1 aliphatic rings. The molecule has 1 aliphatic heterocycles. The van der Waals surface area contributed by atoms with Crippen LogP contribution in [-0.4, -0.2) is 21.6 Å². The number of pyridine rings is 1. The molecule has 1 N–H and O–H groups in total. The van der Waals surface area contributed by atoms with Crippen LogP contribution in [0.25, 0.3) is 11.3 Å². The van der Waals surface area contributed by atoms with Gasteiger partial charge in [-0.2, -0.15) is 0 Å². The van der Waals surface area contributed by atoms with Gasteiger partial charge in [0.15, 0.2) is 0 Å². The van der Waals surface area contributed by atoms with Crippen molar-refractivity contribution >= 4 is 5.69 Å². The summed E-state index contributed by atoms with van der Waals surface area (Å²) in [6.45, 7) is 3.21. The van der Waals surface area contributed by atoms with Gasteiger partial charge in [-0.05, 0) is 43.5 Å². The van der Waals surface area contributed by atoms with Crippen molar-refractivity contribution in [2.24, 2.45) is 0 Å². The molecule has 0 radical (unpaired) electrons. The van der Waals surface area contributed by atoms with Crippen LogP contribution in [0.2, 0.25) is 0 Å². The lowest BCUT2D eigenvalue weighted by molar-refractivity contribution is 0.412. The number of ether oxygens (including phenoxy) is 1. The first-order valence-electron chi connectivity index (χ1n) is 9.15. The van der Waals surface area contributed by atoms with Crippen LogP contribution in [0, 0.1) is 0 Å². The minimum Gasteiger partial charge on any atom is -0.495 e. The van der Waals surface area contributed by atoms with Crippen molar-refractivity contribution in [3.05, 3.63) is 60.3 Å². The van der Waals surface area contributed by atoms with Gasteiger partial charge in [0.25, 0.3) is 0 Å². The van der Waals surface area contributed by atoms with Crippen molar-refractivity contribution in [2.45, 2.75) is 38.8 Å². The van der Waals surface area contributed by atoms with Gasteiger partial charge in [-0.25, -0.2) is 4.98 Å². The van der Waals surface area contributed by atoms with E-state index in [0.717, 1.165) is 41.2 Å². The Bertz CT molecular complexity index is 862. The van der Waals surface area contributed by atoms with Crippen LogP contribution >= 0.6 is 0 Å². The van der Waals surface area contributed by atoms with Crippen molar-refractivity contribution in [1.82, 2.24) is 14.5 Å². The van der Waals surface area contributed by atoms with Crippen LogP contribution in [0.3, 0.4) is 0 Å². The molecule has 3 heterocycles. The Balaban J connectivity index is 1.48. The van der Waals surface area contributed by atoms with Gasteiger partial charge in [-0.15, -0.1) is 0 Å². The number of hydrogen-bond donors (Lipinski definition) is 1. The maximum Gasteiger partial charge on any atom is 0.137 e. The second kappa shape index (κ2) is 7.20. The maximum atomic E-state index is 5.26. The molecule has 1 atom stereocenters. The first kappa shape index (κ1) is 16.6. The molecule has 1 unspecified atom stereocenters. The lowest BCUT2D eigenvalue weighted by Crippen LogP contribution is -2.08. The van der Waals surface area contributed by atoms with E-state index in [1.54, 1.807) is 13.3 Å². The van der Waals surface area contributed by atoms with E-state index < -0.39 is 0 Å².